The van der Waals surface area contributed by atoms with E-state index < -0.39 is 0 Å². The summed E-state index contributed by atoms with van der Waals surface area (Å²) < 4.78 is 0. The second-order valence-electron chi connectivity index (χ2n) is 6.11. The highest BCUT2D eigenvalue weighted by Gasteiger charge is 2.26. The van der Waals surface area contributed by atoms with E-state index in [9.17, 15) is 5.11 Å². The van der Waals surface area contributed by atoms with Gasteiger partial charge in [-0.3, -0.25) is 9.80 Å². The van der Waals surface area contributed by atoms with Crippen LogP contribution in [0.25, 0.3) is 0 Å². The molecule has 0 saturated carbocycles. The molecule has 0 unspecified atom stereocenters. The SMILES string of the molecule is O[C@@H](CN1CCN(C2CCSCC2)CC1)c1ccccc1. The van der Waals surface area contributed by atoms with Crippen LogP contribution in [0.3, 0.4) is 0 Å². The maximum absolute atomic E-state index is 10.3. The molecule has 3 nitrogen and oxygen atoms in total. The van der Waals surface area contributed by atoms with Gasteiger partial charge in [-0.05, 0) is 29.9 Å². The van der Waals surface area contributed by atoms with E-state index in [0.717, 1.165) is 44.3 Å². The Morgan fingerprint density at radius 3 is 2.38 bits per heavy atom. The molecule has 4 heteroatoms. The number of piperazine rings is 1. The summed E-state index contributed by atoms with van der Waals surface area (Å²) in [5, 5.41) is 10.3. The fraction of sp³-hybridized carbons (Fsp3) is 0.647. The second-order valence-corrected chi connectivity index (χ2v) is 7.33. The summed E-state index contributed by atoms with van der Waals surface area (Å²) in [6.45, 7) is 5.27. The first kappa shape index (κ1) is 15.3. The molecule has 0 aromatic heterocycles. The van der Waals surface area contributed by atoms with Crippen LogP contribution in [0, 0.1) is 0 Å². The van der Waals surface area contributed by atoms with Gasteiger partial charge < -0.3 is 5.11 Å². The number of aliphatic hydroxyl groups excluding tert-OH is 1. The van der Waals surface area contributed by atoms with E-state index in [2.05, 4.69) is 21.6 Å². The van der Waals surface area contributed by atoms with E-state index >= 15 is 0 Å². The van der Waals surface area contributed by atoms with Gasteiger partial charge in [0, 0.05) is 38.8 Å². The zero-order valence-corrected chi connectivity index (χ0v) is 13.5. The molecule has 1 aromatic carbocycles. The predicted molar refractivity (Wildman–Crippen MR) is 89.8 cm³/mol. The van der Waals surface area contributed by atoms with Gasteiger partial charge in [-0.25, -0.2) is 0 Å². The average molecular weight is 306 g/mol. The first-order valence-electron chi connectivity index (χ1n) is 8.10. The summed E-state index contributed by atoms with van der Waals surface area (Å²) >= 11 is 2.10. The lowest BCUT2D eigenvalue weighted by atomic mass is 10.1. The van der Waals surface area contributed by atoms with Crippen LogP contribution >= 0.6 is 11.8 Å². The van der Waals surface area contributed by atoms with Crippen LogP contribution in [0.2, 0.25) is 0 Å². The molecule has 2 heterocycles. The lowest BCUT2D eigenvalue weighted by Crippen LogP contribution is -2.51. The summed E-state index contributed by atoms with van der Waals surface area (Å²) in [5.74, 6) is 2.66. The zero-order valence-electron chi connectivity index (χ0n) is 12.7. The summed E-state index contributed by atoms with van der Waals surface area (Å²) in [5.41, 5.74) is 1.03. The Bertz CT molecular complexity index is 414. The third-order valence-corrected chi connectivity index (χ3v) is 5.78. The lowest BCUT2D eigenvalue weighted by molar-refractivity contribution is 0.0541. The molecule has 0 bridgehead atoms. The molecular formula is C17H26N2OS. The van der Waals surface area contributed by atoms with E-state index in [4.69, 9.17) is 0 Å². The molecule has 2 fully saturated rings. The Kier molecular flexibility index (Phi) is 5.58. The molecule has 2 aliphatic rings. The molecule has 3 rings (SSSR count). The molecule has 2 aliphatic heterocycles. The van der Waals surface area contributed by atoms with Crippen molar-refractivity contribution >= 4 is 11.8 Å². The molecule has 0 spiro atoms. The molecule has 116 valence electrons. The third kappa shape index (κ3) is 4.22. The van der Waals surface area contributed by atoms with Crippen LogP contribution in [0.15, 0.2) is 30.3 Å². The van der Waals surface area contributed by atoms with Gasteiger partial charge in [-0.1, -0.05) is 30.3 Å². The smallest absolute Gasteiger partial charge is 0.0916 e. The Labute approximate surface area is 132 Å². The van der Waals surface area contributed by atoms with Crippen LogP contribution < -0.4 is 0 Å². The zero-order chi connectivity index (χ0) is 14.5. The Morgan fingerprint density at radius 2 is 1.71 bits per heavy atom. The summed E-state index contributed by atoms with van der Waals surface area (Å²) in [4.78, 5) is 5.08. The largest absolute Gasteiger partial charge is 0.387 e. The van der Waals surface area contributed by atoms with E-state index in [1.165, 1.54) is 24.3 Å². The number of hydrogen-bond donors (Lipinski definition) is 1. The highest BCUT2D eigenvalue weighted by atomic mass is 32.2. The number of β-amino-alcohol motifs (C(OH)–C–C–N with tert-alkyl or cyclic N) is 1. The normalized spacial score (nSPS) is 24.0. The van der Waals surface area contributed by atoms with Crippen molar-refractivity contribution in [3.8, 4) is 0 Å². The second kappa shape index (κ2) is 7.63. The summed E-state index contributed by atoms with van der Waals surface area (Å²) in [7, 11) is 0. The number of thioether (sulfide) groups is 1. The monoisotopic (exact) mass is 306 g/mol. The number of aliphatic hydroxyl groups is 1. The maximum Gasteiger partial charge on any atom is 0.0916 e. The van der Waals surface area contributed by atoms with Crippen LogP contribution in [-0.2, 0) is 0 Å². The minimum Gasteiger partial charge on any atom is -0.387 e. The van der Waals surface area contributed by atoms with Crippen molar-refractivity contribution < 1.29 is 5.11 Å². The average Bonchev–Trinajstić information content (AvgIpc) is 2.57. The summed E-state index contributed by atoms with van der Waals surface area (Å²) in [6, 6.07) is 10.8. The van der Waals surface area contributed by atoms with Gasteiger partial charge in [-0.15, -0.1) is 0 Å². The van der Waals surface area contributed by atoms with Crippen LogP contribution in [0.1, 0.15) is 24.5 Å². The van der Waals surface area contributed by atoms with Crippen LogP contribution in [0.4, 0.5) is 0 Å². The first-order valence-corrected chi connectivity index (χ1v) is 9.25. The van der Waals surface area contributed by atoms with Gasteiger partial charge in [0.25, 0.3) is 0 Å². The Balaban J connectivity index is 1.45. The molecule has 0 amide bonds. The molecule has 0 radical (unpaired) electrons. The van der Waals surface area contributed by atoms with Crippen molar-refractivity contribution in [2.24, 2.45) is 0 Å². The number of nitrogens with zero attached hydrogens (tertiary/aromatic N) is 2. The van der Waals surface area contributed by atoms with Crippen molar-refractivity contribution in [1.29, 1.82) is 0 Å². The Morgan fingerprint density at radius 1 is 1.05 bits per heavy atom. The quantitative estimate of drug-likeness (QED) is 0.923. The standard InChI is InChI=1S/C17H26N2OS/c20-17(15-4-2-1-3-5-15)14-18-8-10-19(11-9-18)16-6-12-21-13-7-16/h1-5,16-17,20H,6-14H2/t17-/m0/s1. The van der Waals surface area contributed by atoms with Crippen LogP contribution in [-0.4, -0.2) is 65.2 Å². The van der Waals surface area contributed by atoms with E-state index in [0.29, 0.717) is 0 Å². The van der Waals surface area contributed by atoms with E-state index in [-0.39, 0.29) is 6.10 Å². The van der Waals surface area contributed by atoms with Gasteiger partial charge in [0.1, 0.15) is 0 Å². The van der Waals surface area contributed by atoms with E-state index in [1.54, 1.807) is 0 Å². The van der Waals surface area contributed by atoms with Crippen molar-refractivity contribution in [3.05, 3.63) is 35.9 Å². The molecule has 2 saturated heterocycles. The Hall–Kier alpha value is -0.550. The summed E-state index contributed by atoms with van der Waals surface area (Å²) in [6.07, 6.45) is 2.36. The van der Waals surface area contributed by atoms with Gasteiger partial charge in [0.15, 0.2) is 0 Å². The minimum atomic E-state index is -0.358. The molecule has 1 N–H and O–H groups in total. The van der Waals surface area contributed by atoms with Crippen molar-refractivity contribution in [3.63, 3.8) is 0 Å². The highest BCUT2D eigenvalue weighted by Crippen LogP contribution is 2.23. The van der Waals surface area contributed by atoms with Crippen LogP contribution in [0.5, 0.6) is 0 Å². The van der Waals surface area contributed by atoms with Gasteiger partial charge in [-0.2, -0.15) is 11.8 Å². The highest BCUT2D eigenvalue weighted by molar-refractivity contribution is 7.99. The topological polar surface area (TPSA) is 26.7 Å². The van der Waals surface area contributed by atoms with E-state index in [1.807, 2.05) is 30.3 Å². The maximum atomic E-state index is 10.3. The van der Waals surface area contributed by atoms with Crippen molar-refractivity contribution in [2.75, 3.05) is 44.2 Å². The van der Waals surface area contributed by atoms with Crippen molar-refractivity contribution in [2.45, 2.75) is 25.0 Å². The van der Waals surface area contributed by atoms with Gasteiger partial charge >= 0.3 is 0 Å². The molecular weight excluding hydrogens is 280 g/mol. The fourth-order valence-electron chi connectivity index (χ4n) is 3.39. The lowest BCUT2D eigenvalue weighted by Gasteiger charge is -2.41. The number of rotatable bonds is 4. The third-order valence-electron chi connectivity index (χ3n) is 4.73. The fourth-order valence-corrected chi connectivity index (χ4v) is 4.47. The molecule has 0 aliphatic carbocycles. The molecule has 1 aromatic rings. The minimum absolute atomic E-state index is 0.358. The predicted octanol–water partition coefficient (Wildman–Crippen LogP) is 2.23. The van der Waals surface area contributed by atoms with Crippen molar-refractivity contribution in [1.82, 2.24) is 9.80 Å². The molecule has 21 heavy (non-hydrogen) atoms. The number of hydrogen-bond acceptors (Lipinski definition) is 4. The molecule has 1 atom stereocenters. The van der Waals surface area contributed by atoms with Gasteiger partial charge in [0.2, 0.25) is 0 Å². The first-order chi connectivity index (χ1) is 10.3. The van der Waals surface area contributed by atoms with Gasteiger partial charge in [0.05, 0.1) is 6.10 Å². The number of benzene rings is 1.